The Morgan fingerprint density at radius 2 is 1.96 bits per heavy atom. The lowest BCUT2D eigenvalue weighted by molar-refractivity contribution is -0.121. The SMILES string of the molecule is O=C(CCc1ccccc1O)N/N=C/c1cc(Cl)cc(Cl)c1O. The summed E-state index contributed by atoms with van der Waals surface area (Å²) in [4.78, 5) is 11.7. The fourth-order valence-electron chi connectivity index (χ4n) is 1.88. The molecule has 0 aliphatic heterocycles. The highest BCUT2D eigenvalue weighted by Crippen LogP contribution is 2.29. The first-order chi connectivity index (χ1) is 11.0. The van der Waals surface area contributed by atoms with Gasteiger partial charge in [0.1, 0.15) is 11.5 Å². The van der Waals surface area contributed by atoms with E-state index in [4.69, 9.17) is 23.2 Å². The van der Waals surface area contributed by atoms with Crippen LogP contribution < -0.4 is 5.43 Å². The third-order valence-electron chi connectivity index (χ3n) is 3.06. The molecule has 0 saturated carbocycles. The molecule has 23 heavy (non-hydrogen) atoms. The average molecular weight is 353 g/mol. The minimum absolute atomic E-state index is 0.102. The van der Waals surface area contributed by atoms with Gasteiger partial charge in [0.2, 0.25) is 5.91 Å². The van der Waals surface area contributed by atoms with Crippen molar-refractivity contribution in [3.63, 3.8) is 0 Å². The Morgan fingerprint density at radius 3 is 2.70 bits per heavy atom. The van der Waals surface area contributed by atoms with Gasteiger partial charge < -0.3 is 10.2 Å². The first kappa shape index (κ1) is 17.1. The number of phenolic OH excluding ortho intramolecular Hbond substituents is 2. The fraction of sp³-hybridized carbons (Fsp3) is 0.125. The second-order valence-corrected chi connectivity index (χ2v) is 5.59. The van der Waals surface area contributed by atoms with Gasteiger partial charge in [-0.2, -0.15) is 5.10 Å². The molecule has 0 bridgehead atoms. The molecule has 3 N–H and O–H groups in total. The number of hydrazone groups is 1. The molecule has 0 heterocycles. The standard InChI is InChI=1S/C16H14Cl2N2O3/c17-12-7-11(16(23)13(18)8-12)9-19-20-15(22)6-5-10-3-1-2-4-14(10)21/h1-4,7-9,21,23H,5-6H2,(H,20,22)/b19-9+. The Balaban J connectivity index is 1.91. The highest BCUT2D eigenvalue weighted by atomic mass is 35.5. The van der Waals surface area contributed by atoms with Gasteiger partial charge in [0, 0.05) is 17.0 Å². The van der Waals surface area contributed by atoms with Crippen molar-refractivity contribution in [1.29, 1.82) is 0 Å². The van der Waals surface area contributed by atoms with E-state index in [1.54, 1.807) is 24.3 Å². The molecule has 2 rings (SSSR count). The number of rotatable bonds is 5. The molecule has 7 heteroatoms. The molecule has 0 unspecified atom stereocenters. The van der Waals surface area contributed by atoms with E-state index in [0.717, 1.165) is 0 Å². The topological polar surface area (TPSA) is 81.9 Å². The Bertz CT molecular complexity index is 748. The molecule has 1 amide bonds. The van der Waals surface area contributed by atoms with Crippen LogP contribution in [0.1, 0.15) is 17.5 Å². The Labute approximate surface area is 143 Å². The molecule has 0 radical (unpaired) electrons. The number of para-hydroxylation sites is 1. The summed E-state index contributed by atoms with van der Waals surface area (Å²) in [7, 11) is 0. The number of hydrogen-bond acceptors (Lipinski definition) is 4. The van der Waals surface area contributed by atoms with E-state index in [-0.39, 0.29) is 28.8 Å². The molecular weight excluding hydrogens is 339 g/mol. The first-order valence-corrected chi connectivity index (χ1v) is 7.49. The predicted octanol–water partition coefficient (Wildman–Crippen LogP) is 3.49. The van der Waals surface area contributed by atoms with Crippen LogP contribution in [0.5, 0.6) is 11.5 Å². The van der Waals surface area contributed by atoms with Crippen molar-refractivity contribution in [3.8, 4) is 11.5 Å². The van der Waals surface area contributed by atoms with E-state index in [0.29, 0.717) is 22.6 Å². The Kier molecular flexibility index (Phi) is 5.84. The molecule has 2 aromatic carbocycles. The number of carbonyl (C=O) groups excluding carboxylic acids is 1. The van der Waals surface area contributed by atoms with Gasteiger partial charge in [-0.3, -0.25) is 4.79 Å². The number of phenols is 2. The van der Waals surface area contributed by atoms with Crippen LogP contribution in [-0.4, -0.2) is 22.3 Å². The molecule has 0 aliphatic rings. The van der Waals surface area contributed by atoms with Crippen molar-refractivity contribution in [2.75, 3.05) is 0 Å². The van der Waals surface area contributed by atoms with Gasteiger partial charge in [0.05, 0.1) is 11.2 Å². The number of hydrogen-bond donors (Lipinski definition) is 3. The van der Waals surface area contributed by atoms with E-state index in [2.05, 4.69) is 10.5 Å². The summed E-state index contributed by atoms with van der Waals surface area (Å²) in [6.45, 7) is 0. The minimum Gasteiger partial charge on any atom is -0.508 e. The maximum Gasteiger partial charge on any atom is 0.240 e. The number of aryl methyl sites for hydroxylation is 1. The molecule has 0 atom stereocenters. The fourth-order valence-corrected chi connectivity index (χ4v) is 2.39. The van der Waals surface area contributed by atoms with Crippen LogP contribution >= 0.6 is 23.2 Å². The van der Waals surface area contributed by atoms with Crippen LogP contribution in [0, 0.1) is 0 Å². The Morgan fingerprint density at radius 1 is 1.22 bits per heavy atom. The van der Waals surface area contributed by atoms with Gasteiger partial charge in [-0.1, -0.05) is 41.4 Å². The van der Waals surface area contributed by atoms with E-state index in [1.807, 2.05) is 0 Å². The van der Waals surface area contributed by atoms with Gasteiger partial charge in [-0.15, -0.1) is 0 Å². The third kappa shape index (κ3) is 4.87. The summed E-state index contributed by atoms with van der Waals surface area (Å²) >= 11 is 11.6. The quantitative estimate of drug-likeness (QED) is 0.569. The zero-order chi connectivity index (χ0) is 16.8. The van der Waals surface area contributed by atoms with E-state index in [1.165, 1.54) is 18.3 Å². The maximum atomic E-state index is 11.7. The summed E-state index contributed by atoms with van der Waals surface area (Å²) in [5.41, 5.74) is 3.32. The van der Waals surface area contributed by atoms with Crippen LogP contribution in [0.15, 0.2) is 41.5 Å². The van der Waals surface area contributed by atoms with Crippen molar-refractivity contribution < 1.29 is 15.0 Å². The van der Waals surface area contributed by atoms with Crippen molar-refractivity contribution in [2.24, 2.45) is 5.10 Å². The summed E-state index contributed by atoms with van der Waals surface area (Å²) in [6.07, 6.45) is 1.81. The third-order valence-corrected chi connectivity index (χ3v) is 3.57. The first-order valence-electron chi connectivity index (χ1n) is 6.74. The number of carbonyl (C=O) groups is 1. The number of amides is 1. The summed E-state index contributed by atoms with van der Waals surface area (Å²) in [5, 5.41) is 23.6. The van der Waals surface area contributed by atoms with Gasteiger partial charge in [-0.05, 0) is 30.2 Å². The Hall–Kier alpha value is -2.24. The second-order valence-electron chi connectivity index (χ2n) is 4.75. The van der Waals surface area contributed by atoms with Crippen LogP contribution in [-0.2, 0) is 11.2 Å². The van der Waals surface area contributed by atoms with Crippen molar-refractivity contribution >= 4 is 35.3 Å². The predicted molar refractivity (Wildman–Crippen MR) is 90.3 cm³/mol. The lowest BCUT2D eigenvalue weighted by Gasteiger charge is -2.04. The molecule has 5 nitrogen and oxygen atoms in total. The molecule has 0 aromatic heterocycles. The summed E-state index contributed by atoms with van der Waals surface area (Å²) in [6, 6.07) is 9.69. The number of aromatic hydroxyl groups is 2. The average Bonchev–Trinajstić information content (AvgIpc) is 2.51. The normalized spacial score (nSPS) is 10.9. The molecule has 2 aromatic rings. The zero-order valence-electron chi connectivity index (χ0n) is 12.0. The molecule has 0 aliphatic carbocycles. The molecule has 0 spiro atoms. The highest BCUT2D eigenvalue weighted by molar-refractivity contribution is 6.36. The highest BCUT2D eigenvalue weighted by Gasteiger charge is 2.07. The minimum atomic E-state index is -0.322. The molecule has 120 valence electrons. The van der Waals surface area contributed by atoms with E-state index < -0.39 is 0 Å². The molecule has 0 fully saturated rings. The molecular formula is C16H14Cl2N2O3. The lowest BCUT2D eigenvalue weighted by Crippen LogP contribution is -2.17. The number of halogens is 2. The van der Waals surface area contributed by atoms with E-state index >= 15 is 0 Å². The lowest BCUT2D eigenvalue weighted by atomic mass is 10.1. The van der Waals surface area contributed by atoms with Gasteiger partial charge in [0.25, 0.3) is 0 Å². The zero-order valence-corrected chi connectivity index (χ0v) is 13.5. The second kappa shape index (κ2) is 7.85. The van der Waals surface area contributed by atoms with Crippen molar-refractivity contribution in [3.05, 3.63) is 57.6 Å². The van der Waals surface area contributed by atoms with Gasteiger partial charge in [-0.25, -0.2) is 5.43 Å². The van der Waals surface area contributed by atoms with Crippen molar-refractivity contribution in [2.45, 2.75) is 12.8 Å². The summed E-state index contributed by atoms with van der Waals surface area (Å²) in [5.74, 6) is -0.331. The van der Waals surface area contributed by atoms with Crippen molar-refractivity contribution in [1.82, 2.24) is 5.43 Å². The monoisotopic (exact) mass is 352 g/mol. The van der Waals surface area contributed by atoms with Crippen LogP contribution in [0.2, 0.25) is 10.0 Å². The van der Waals surface area contributed by atoms with Gasteiger partial charge in [0.15, 0.2) is 0 Å². The van der Waals surface area contributed by atoms with E-state index in [9.17, 15) is 15.0 Å². The van der Waals surface area contributed by atoms with Crippen LogP contribution in [0.4, 0.5) is 0 Å². The van der Waals surface area contributed by atoms with Gasteiger partial charge >= 0.3 is 0 Å². The maximum absolute atomic E-state index is 11.7. The molecule has 0 saturated heterocycles. The summed E-state index contributed by atoms with van der Waals surface area (Å²) < 4.78 is 0. The van der Waals surface area contributed by atoms with Crippen LogP contribution in [0.25, 0.3) is 0 Å². The number of nitrogens with one attached hydrogen (secondary N) is 1. The largest absolute Gasteiger partial charge is 0.508 e. The smallest absolute Gasteiger partial charge is 0.240 e. The van der Waals surface area contributed by atoms with Crippen LogP contribution in [0.3, 0.4) is 0 Å². The number of benzene rings is 2. The number of nitrogens with zero attached hydrogens (tertiary/aromatic N) is 1.